The zero-order valence-corrected chi connectivity index (χ0v) is 19.3. The van der Waals surface area contributed by atoms with E-state index < -0.39 is 0 Å². The molecule has 0 radical (unpaired) electrons. The van der Waals surface area contributed by atoms with Crippen molar-refractivity contribution < 1.29 is 0 Å². The Morgan fingerprint density at radius 2 is 1.56 bits per heavy atom. The number of allylic oxidation sites excluding steroid dienone is 2. The number of dihydropyridines is 1. The van der Waals surface area contributed by atoms with Gasteiger partial charge in [-0.15, -0.1) is 0 Å². The molecule has 0 spiro atoms. The van der Waals surface area contributed by atoms with Crippen molar-refractivity contribution in [3.63, 3.8) is 0 Å². The van der Waals surface area contributed by atoms with E-state index in [4.69, 9.17) is 0 Å². The average molecular weight is 446 g/mol. The van der Waals surface area contributed by atoms with Crippen LogP contribution in [0.25, 0.3) is 11.1 Å². The largest absolute Gasteiger partial charge is 0.366 e. The van der Waals surface area contributed by atoms with Gasteiger partial charge >= 0.3 is 0 Å². The molecule has 1 unspecified atom stereocenters. The molecule has 0 amide bonds. The highest BCUT2D eigenvalue weighted by molar-refractivity contribution is 5.75. The lowest BCUT2D eigenvalue weighted by Crippen LogP contribution is -2.29. The van der Waals surface area contributed by atoms with Crippen LogP contribution in [0.2, 0.25) is 0 Å². The van der Waals surface area contributed by atoms with E-state index in [1.807, 2.05) is 43.5 Å². The van der Waals surface area contributed by atoms with E-state index in [0.717, 1.165) is 45.5 Å². The first-order valence-corrected chi connectivity index (χ1v) is 11.4. The molecule has 0 saturated heterocycles. The molecular weight excluding hydrogens is 418 g/mol. The molecule has 168 valence electrons. The number of pyridine rings is 2. The number of rotatable bonds is 6. The van der Waals surface area contributed by atoms with Crippen LogP contribution in [-0.4, -0.2) is 16.0 Å². The molecule has 2 N–H and O–H groups in total. The molecule has 5 nitrogen and oxygen atoms in total. The number of hydrogen-bond acceptors (Lipinski definition) is 5. The summed E-state index contributed by atoms with van der Waals surface area (Å²) in [6.07, 6.45) is 9.92. The second-order valence-electron chi connectivity index (χ2n) is 8.36. The summed E-state index contributed by atoms with van der Waals surface area (Å²) in [4.78, 5) is 11.3. The van der Waals surface area contributed by atoms with Gasteiger partial charge in [0.15, 0.2) is 0 Å². The van der Waals surface area contributed by atoms with Crippen molar-refractivity contribution in [2.24, 2.45) is 0 Å². The van der Waals surface area contributed by atoms with E-state index >= 15 is 0 Å². The standard InChI is InChI=1S/C29H27N5/c1-21-9-18-29(31-20-21)34(28-8-3-4-19-30-28)26-16-12-24(13-17-26)23-10-14-25(15-11-23)33-27-7-5-6-22(2)32-27/h3-20,22,32-33H,1-2H3. The van der Waals surface area contributed by atoms with Gasteiger partial charge in [0.25, 0.3) is 0 Å². The first-order chi connectivity index (χ1) is 16.7. The van der Waals surface area contributed by atoms with Gasteiger partial charge in [0, 0.05) is 29.8 Å². The third-order valence-electron chi connectivity index (χ3n) is 5.67. The number of aryl methyl sites for hydroxylation is 1. The van der Waals surface area contributed by atoms with Gasteiger partial charge in [-0.3, -0.25) is 4.90 Å². The van der Waals surface area contributed by atoms with Crippen molar-refractivity contribution in [1.82, 2.24) is 15.3 Å². The fraction of sp³-hybridized carbons (Fsp3) is 0.103. The summed E-state index contributed by atoms with van der Waals surface area (Å²) in [6.45, 7) is 4.17. The second kappa shape index (κ2) is 9.63. The summed E-state index contributed by atoms with van der Waals surface area (Å²) >= 11 is 0. The Labute approximate surface area is 200 Å². The van der Waals surface area contributed by atoms with Crippen LogP contribution in [0.15, 0.2) is 115 Å². The van der Waals surface area contributed by atoms with Crippen LogP contribution in [0, 0.1) is 6.92 Å². The summed E-state index contributed by atoms with van der Waals surface area (Å²) < 4.78 is 0. The van der Waals surface area contributed by atoms with Crippen LogP contribution in [0.5, 0.6) is 0 Å². The first kappa shape index (κ1) is 21.5. The molecule has 2 aromatic carbocycles. The van der Waals surface area contributed by atoms with Gasteiger partial charge in [-0.05, 0) is 79.1 Å². The molecule has 0 bridgehead atoms. The van der Waals surface area contributed by atoms with E-state index in [-0.39, 0.29) is 0 Å². The topological polar surface area (TPSA) is 53.1 Å². The van der Waals surface area contributed by atoms with Crippen LogP contribution in [0.4, 0.5) is 23.0 Å². The monoisotopic (exact) mass is 445 g/mol. The van der Waals surface area contributed by atoms with Crippen LogP contribution < -0.4 is 15.5 Å². The second-order valence-corrected chi connectivity index (χ2v) is 8.36. The number of hydrogen-bond donors (Lipinski definition) is 2. The van der Waals surface area contributed by atoms with Gasteiger partial charge in [0.1, 0.15) is 17.5 Å². The number of nitrogens with zero attached hydrogens (tertiary/aromatic N) is 3. The Balaban J connectivity index is 1.38. The zero-order chi connectivity index (χ0) is 23.3. The maximum atomic E-state index is 4.64. The normalized spacial score (nSPS) is 14.8. The van der Waals surface area contributed by atoms with Gasteiger partial charge in [-0.2, -0.15) is 0 Å². The maximum Gasteiger partial charge on any atom is 0.138 e. The molecule has 2 aromatic heterocycles. The van der Waals surface area contributed by atoms with E-state index in [9.17, 15) is 0 Å². The molecule has 5 rings (SSSR count). The third kappa shape index (κ3) is 4.84. The highest BCUT2D eigenvalue weighted by Gasteiger charge is 2.14. The highest BCUT2D eigenvalue weighted by Crippen LogP contribution is 2.33. The lowest BCUT2D eigenvalue weighted by atomic mass is 10.0. The molecular formula is C29H27N5. The molecule has 3 heterocycles. The Morgan fingerprint density at radius 1 is 0.824 bits per heavy atom. The van der Waals surface area contributed by atoms with Crippen molar-refractivity contribution >= 4 is 23.0 Å². The number of anilines is 4. The van der Waals surface area contributed by atoms with E-state index in [1.165, 1.54) is 0 Å². The van der Waals surface area contributed by atoms with Gasteiger partial charge < -0.3 is 10.6 Å². The van der Waals surface area contributed by atoms with E-state index in [1.54, 1.807) is 6.20 Å². The smallest absolute Gasteiger partial charge is 0.138 e. The Morgan fingerprint density at radius 3 is 2.21 bits per heavy atom. The van der Waals surface area contributed by atoms with Crippen molar-refractivity contribution in [2.45, 2.75) is 19.9 Å². The average Bonchev–Trinajstić information content (AvgIpc) is 2.87. The molecule has 0 fully saturated rings. The van der Waals surface area contributed by atoms with Gasteiger partial charge in [0.2, 0.25) is 0 Å². The number of nitrogens with one attached hydrogen (secondary N) is 2. The Bertz CT molecular complexity index is 1290. The maximum absolute atomic E-state index is 4.64. The Hall–Kier alpha value is -4.38. The molecule has 4 aromatic rings. The summed E-state index contributed by atoms with van der Waals surface area (Å²) in [5.74, 6) is 2.67. The van der Waals surface area contributed by atoms with Crippen molar-refractivity contribution in [3.05, 3.63) is 121 Å². The van der Waals surface area contributed by atoms with Gasteiger partial charge in [0.05, 0.1) is 0 Å². The fourth-order valence-electron chi connectivity index (χ4n) is 3.90. The lowest BCUT2D eigenvalue weighted by Gasteiger charge is -2.23. The molecule has 5 heteroatoms. The first-order valence-electron chi connectivity index (χ1n) is 11.4. The quantitative estimate of drug-likeness (QED) is 0.345. The molecule has 34 heavy (non-hydrogen) atoms. The van der Waals surface area contributed by atoms with E-state index in [0.29, 0.717) is 6.04 Å². The third-order valence-corrected chi connectivity index (χ3v) is 5.67. The predicted molar refractivity (Wildman–Crippen MR) is 140 cm³/mol. The van der Waals surface area contributed by atoms with Crippen molar-refractivity contribution in [3.8, 4) is 11.1 Å². The molecule has 1 aliphatic rings. The number of aromatic nitrogens is 2. The van der Waals surface area contributed by atoms with Crippen LogP contribution in [0.1, 0.15) is 12.5 Å². The van der Waals surface area contributed by atoms with Crippen molar-refractivity contribution in [2.75, 3.05) is 10.2 Å². The lowest BCUT2D eigenvalue weighted by molar-refractivity contribution is 0.722. The molecule has 1 atom stereocenters. The summed E-state index contributed by atoms with van der Waals surface area (Å²) in [5.41, 5.74) is 5.50. The Kier molecular flexibility index (Phi) is 6.08. The summed E-state index contributed by atoms with van der Waals surface area (Å²) in [7, 11) is 0. The highest BCUT2D eigenvalue weighted by atomic mass is 15.2. The minimum atomic E-state index is 0.325. The summed E-state index contributed by atoms with van der Waals surface area (Å²) in [6, 6.07) is 27.3. The zero-order valence-electron chi connectivity index (χ0n) is 19.3. The minimum absolute atomic E-state index is 0.325. The minimum Gasteiger partial charge on any atom is -0.366 e. The number of benzene rings is 2. The van der Waals surface area contributed by atoms with Gasteiger partial charge in [-0.1, -0.05) is 48.6 Å². The van der Waals surface area contributed by atoms with Crippen molar-refractivity contribution in [1.29, 1.82) is 0 Å². The van der Waals surface area contributed by atoms with Crippen LogP contribution in [-0.2, 0) is 0 Å². The molecule has 0 saturated carbocycles. The summed E-state index contributed by atoms with van der Waals surface area (Å²) in [5, 5.41) is 6.84. The SMILES string of the molecule is Cc1ccc(N(c2ccc(-c3ccc(NC4=CC=CC(C)N4)cc3)cc2)c2ccccn2)nc1. The van der Waals surface area contributed by atoms with Crippen LogP contribution in [0.3, 0.4) is 0 Å². The molecule has 1 aliphatic heterocycles. The van der Waals surface area contributed by atoms with E-state index in [2.05, 4.69) is 99.2 Å². The molecule has 0 aliphatic carbocycles. The van der Waals surface area contributed by atoms with Crippen LogP contribution >= 0.6 is 0 Å². The van der Waals surface area contributed by atoms with Gasteiger partial charge in [-0.25, -0.2) is 9.97 Å². The fourth-order valence-corrected chi connectivity index (χ4v) is 3.90. The predicted octanol–water partition coefficient (Wildman–Crippen LogP) is 6.72.